The highest BCUT2D eigenvalue weighted by atomic mass is 79.9. The van der Waals surface area contributed by atoms with E-state index < -0.39 is 34.7 Å². The van der Waals surface area contributed by atoms with E-state index in [4.69, 9.17) is 0 Å². The summed E-state index contributed by atoms with van der Waals surface area (Å²) in [6, 6.07) is 4.89. The van der Waals surface area contributed by atoms with Gasteiger partial charge in [-0.15, -0.1) is 0 Å². The maximum Gasteiger partial charge on any atom is 0.417 e. The number of alkyl halides is 3. The van der Waals surface area contributed by atoms with Gasteiger partial charge in [0.1, 0.15) is 11.5 Å². The van der Waals surface area contributed by atoms with Crippen LogP contribution in [0.15, 0.2) is 39.7 Å². The number of anilines is 1. The monoisotopic (exact) mass is 406 g/mol. The summed E-state index contributed by atoms with van der Waals surface area (Å²) in [7, 11) is 0. The van der Waals surface area contributed by atoms with E-state index in [0.717, 1.165) is 0 Å². The Balaban J connectivity index is 2.06. The van der Waals surface area contributed by atoms with E-state index in [1.54, 1.807) is 6.07 Å². The van der Waals surface area contributed by atoms with Crippen LogP contribution in [0.2, 0.25) is 0 Å². The van der Waals surface area contributed by atoms with Gasteiger partial charge < -0.3 is 10.3 Å². The smallest absolute Gasteiger partial charge is 0.327 e. The molecule has 0 radical (unpaired) electrons. The number of rotatable bonds is 4. The van der Waals surface area contributed by atoms with Crippen LogP contribution in [0.4, 0.5) is 23.2 Å². The minimum atomic E-state index is -4.65. The molecule has 128 valence electrons. The number of aromatic nitrogens is 1. The Labute approximate surface area is 142 Å². The Kier molecular flexibility index (Phi) is 5.43. The van der Waals surface area contributed by atoms with Crippen molar-refractivity contribution in [3.8, 4) is 0 Å². The number of aryl methyl sites for hydroxylation is 1. The normalized spacial score (nSPS) is 11.4. The van der Waals surface area contributed by atoms with Crippen molar-refractivity contribution in [1.29, 1.82) is 0 Å². The number of amides is 1. The fourth-order valence-corrected chi connectivity index (χ4v) is 2.26. The Morgan fingerprint density at radius 2 is 1.96 bits per heavy atom. The molecule has 0 saturated heterocycles. The molecule has 1 heterocycles. The average molecular weight is 407 g/mol. The zero-order valence-electron chi connectivity index (χ0n) is 12.0. The summed E-state index contributed by atoms with van der Waals surface area (Å²) in [5, 5.41) is 2.11. The molecule has 0 saturated carbocycles. The Morgan fingerprint density at radius 3 is 2.58 bits per heavy atom. The third-order valence-corrected chi connectivity index (χ3v) is 3.63. The van der Waals surface area contributed by atoms with Crippen molar-refractivity contribution in [3.05, 3.63) is 62.2 Å². The predicted octanol–water partition coefficient (Wildman–Crippen LogP) is 3.87. The molecule has 2 aromatic rings. The molecule has 9 heteroatoms. The molecule has 1 amide bonds. The van der Waals surface area contributed by atoms with Crippen molar-refractivity contribution in [3.63, 3.8) is 0 Å². The van der Waals surface area contributed by atoms with E-state index in [9.17, 15) is 27.2 Å². The molecular formula is C15H11BrF4N2O2. The standard InChI is InChI=1S/C15H11BrF4N2O2/c16-10-3-1-8(11(17)6-10)2-4-13(23)22-12-5-9(15(18,19)20)7-21-14(12)24/h1,3,5-7H,2,4H2,(H,21,24)(H,22,23). The average Bonchev–Trinajstić information content (AvgIpc) is 2.47. The second-order valence-electron chi connectivity index (χ2n) is 4.91. The van der Waals surface area contributed by atoms with Crippen LogP contribution in [0.3, 0.4) is 0 Å². The van der Waals surface area contributed by atoms with E-state index in [1.165, 1.54) is 12.1 Å². The highest BCUT2D eigenvalue weighted by molar-refractivity contribution is 9.10. The first-order chi connectivity index (χ1) is 11.2. The van der Waals surface area contributed by atoms with E-state index in [0.29, 0.717) is 16.7 Å². The van der Waals surface area contributed by atoms with E-state index in [2.05, 4.69) is 21.2 Å². The number of pyridine rings is 1. The van der Waals surface area contributed by atoms with Crippen LogP contribution in [0.1, 0.15) is 17.5 Å². The van der Waals surface area contributed by atoms with Crippen LogP contribution in [-0.2, 0) is 17.4 Å². The van der Waals surface area contributed by atoms with Gasteiger partial charge in [0.15, 0.2) is 0 Å². The summed E-state index contributed by atoms with van der Waals surface area (Å²) in [5.41, 5.74) is -2.17. The molecule has 4 nitrogen and oxygen atoms in total. The highest BCUT2D eigenvalue weighted by Crippen LogP contribution is 2.29. The number of carbonyl (C=O) groups excluding carboxylic acids is 1. The number of aromatic amines is 1. The lowest BCUT2D eigenvalue weighted by Crippen LogP contribution is -2.21. The van der Waals surface area contributed by atoms with Gasteiger partial charge in [-0.3, -0.25) is 9.59 Å². The number of nitrogens with one attached hydrogen (secondary N) is 2. The second kappa shape index (κ2) is 7.16. The van der Waals surface area contributed by atoms with Crippen LogP contribution in [0.5, 0.6) is 0 Å². The molecule has 0 aliphatic heterocycles. The fraction of sp³-hybridized carbons (Fsp3) is 0.200. The zero-order valence-corrected chi connectivity index (χ0v) is 13.6. The Hall–Kier alpha value is -2.16. The minimum absolute atomic E-state index is 0.0435. The number of carbonyl (C=O) groups is 1. The van der Waals surface area contributed by atoms with E-state index >= 15 is 0 Å². The molecule has 0 aliphatic rings. The van der Waals surface area contributed by atoms with E-state index in [1.807, 2.05) is 4.98 Å². The number of H-pyrrole nitrogens is 1. The van der Waals surface area contributed by atoms with Crippen molar-refractivity contribution in [2.24, 2.45) is 0 Å². The van der Waals surface area contributed by atoms with Crippen molar-refractivity contribution in [2.45, 2.75) is 19.0 Å². The number of hydrogen-bond donors (Lipinski definition) is 2. The lowest BCUT2D eigenvalue weighted by atomic mass is 10.1. The van der Waals surface area contributed by atoms with Crippen LogP contribution in [-0.4, -0.2) is 10.9 Å². The molecule has 0 fully saturated rings. The summed E-state index contributed by atoms with van der Waals surface area (Å²) >= 11 is 3.10. The molecule has 0 unspecified atom stereocenters. The van der Waals surface area contributed by atoms with E-state index in [-0.39, 0.29) is 18.4 Å². The molecule has 1 aromatic heterocycles. The molecule has 24 heavy (non-hydrogen) atoms. The van der Waals surface area contributed by atoms with Gasteiger partial charge in [-0.05, 0) is 30.2 Å². The van der Waals surface area contributed by atoms with Crippen LogP contribution >= 0.6 is 15.9 Å². The topological polar surface area (TPSA) is 62.0 Å². The first-order valence-electron chi connectivity index (χ1n) is 6.70. The lowest BCUT2D eigenvalue weighted by Gasteiger charge is -2.09. The molecule has 2 N–H and O–H groups in total. The van der Waals surface area contributed by atoms with Gasteiger partial charge in [0.05, 0.1) is 5.56 Å². The number of hydrogen-bond acceptors (Lipinski definition) is 2. The van der Waals surface area contributed by atoms with Crippen LogP contribution in [0, 0.1) is 5.82 Å². The highest BCUT2D eigenvalue weighted by Gasteiger charge is 2.31. The number of halogens is 5. The quantitative estimate of drug-likeness (QED) is 0.757. The van der Waals surface area contributed by atoms with Gasteiger partial charge in [-0.25, -0.2) is 4.39 Å². The summed E-state index contributed by atoms with van der Waals surface area (Å²) in [4.78, 5) is 25.2. The molecule has 0 bridgehead atoms. The summed E-state index contributed by atoms with van der Waals surface area (Å²) < 4.78 is 52.0. The zero-order chi connectivity index (χ0) is 17.9. The molecule has 0 aliphatic carbocycles. The van der Waals surface area contributed by atoms with Crippen LogP contribution < -0.4 is 10.9 Å². The van der Waals surface area contributed by atoms with Gasteiger partial charge in [0, 0.05) is 17.1 Å². The van der Waals surface area contributed by atoms with Crippen molar-refractivity contribution < 1.29 is 22.4 Å². The molecular weight excluding hydrogens is 396 g/mol. The van der Waals surface area contributed by atoms with Gasteiger partial charge in [-0.1, -0.05) is 22.0 Å². The van der Waals surface area contributed by atoms with Crippen molar-refractivity contribution >= 4 is 27.5 Å². The largest absolute Gasteiger partial charge is 0.417 e. The van der Waals surface area contributed by atoms with Crippen molar-refractivity contribution in [2.75, 3.05) is 5.32 Å². The maximum atomic E-state index is 13.6. The minimum Gasteiger partial charge on any atom is -0.327 e. The van der Waals surface area contributed by atoms with Gasteiger partial charge in [0.25, 0.3) is 5.56 Å². The first kappa shape index (κ1) is 18.2. The van der Waals surface area contributed by atoms with Crippen molar-refractivity contribution in [1.82, 2.24) is 4.98 Å². The lowest BCUT2D eigenvalue weighted by molar-refractivity contribution is -0.137. The third kappa shape index (κ3) is 4.67. The van der Waals surface area contributed by atoms with Gasteiger partial charge in [-0.2, -0.15) is 13.2 Å². The van der Waals surface area contributed by atoms with Gasteiger partial charge in [0.2, 0.25) is 5.91 Å². The molecule has 1 aromatic carbocycles. The summed E-state index contributed by atoms with van der Waals surface area (Å²) in [6.45, 7) is 0. The molecule has 0 atom stereocenters. The maximum absolute atomic E-state index is 13.6. The fourth-order valence-electron chi connectivity index (χ4n) is 1.93. The first-order valence-corrected chi connectivity index (χ1v) is 7.50. The Morgan fingerprint density at radius 1 is 1.25 bits per heavy atom. The molecule has 0 spiro atoms. The molecule has 2 rings (SSSR count). The number of benzene rings is 1. The summed E-state index contributed by atoms with van der Waals surface area (Å²) in [5.74, 6) is -1.20. The predicted molar refractivity (Wildman–Crippen MR) is 83.1 cm³/mol. The summed E-state index contributed by atoms with van der Waals surface area (Å²) in [6.07, 6.45) is -4.27. The SMILES string of the molecule is O=C(CCc1ccc(Br)cc1F)Nc1cc(C(F)(F)F)c[nH]c1=O. The second-order valence-corrected chi connectivity index (χ2v) is 5.83. The Bertz CT molecular complexity index is 818. The third-order valence-electron chi connectivity index (χ3n) is 3.14. The van der Waals surface area contributed by atoms with Crippen LogP contribution in [0.25, 0.3) is 0 Å². The van der Waals surface area contributed by atoms with Gasteiger partial charge >= 0.3 is 6.18 Å².